The van der Waals surface area contributed by atoms with Gasteiger partial charge in [0, 0.05) is 17.5 Å². The van der Waals surface area contributed by atoms with Crippen molar-refractivity contribution in [1.82, 2.24) is 5.32 Å². The zero-order valence-electron chi connectivity index (χ0n) is 15.7. The molecule has 2 aromatic rings. The second-order valence-electron chi connectivity index (χ2n) is 6.61. The molecule has 0 bridgehead atoms. The average Bonchev–Trinajstić information content (AvgIpc) is 3.04. The summed E-state index contributed by atoms with van der Waals surface area (Å²) in [5.41, 5.74) is 2.70. The normalized spacial score (nSPS) is 16.7. The van der Waals surface area contributed by atoms with Crippen LogP contribution in [-0.2, 0) is 11.2 Å². The van der Waals surface area contributed by atoms with Gasteiger partial charge in [-0.3, -0.25) is 4.79 Å². The Bertz CT molecular complexity index is 913. The van der Waals surface area contributed by atoms with Crippen LogP contribution in [0.15, 0.2) is 48.0 Å². The van der Waals surface area contributed by atoms with E-state index in [-0.39, 0.29) is 17.7 Å². The van der Waals surface area contributed by atoms with E-state index in [9.17, 15) is 10.1 Å². The van der Waals surface area contributed by atoms with Crippen LogP contribution in [0.1, 0.15) is 36.6 Å². The number of rotatable bonds is 5. The standard InChI is InChI=1S/C22H22N2O3/c1-14-9-17-11-20(26-3)18(12-21(17)27-14)10-19(13-23)22(25)24-15(2)16-7-5-4-6-8-16/h4-8,10-12,14-15H,9H2,1-3H3,(H,24,25)/b19-10+. The second-order valence-corrected chi connectivity index (χ2v) is 6.61. The fourth-order valence-electron chi connectivity index (χ4n) is 3.15. The van der Waals surface area contributed by atoms with Gasteiger partial charge in [0.15, 0.2) is 0 Å². The van der Waals surface area contributed by atoms with Crippen molar-refractivity contribution in [3.05, 3.63) is 64.7 Å². The maximum atomic E-state index is 12.6. The van der Waals surface area contributed by atoms with Crippen molar-refractivity contribution >= 4 is 12.0 Å². The fraction of sp³-hybridized carbons (Fsp3) is 0.273. The summed E-state index contributed by atoms with van der Waals surface area (Å²) in [6, 6.07) is 15.1. The third kappa shape index (κ3) is 4.12. The van der Waals surface area contributed by atoms with Crippen LogP contribution < -0.4 is 14.8 Å². The average molecular weight is 362 g/mol. The van der Waals surface area contributed by atoms with Gasteiger partial charge in [-0.15, -0.1) is 0 Å². The van der Waals surface area contributed by atoms with Gasteiger partial charge >= 0.3 is 0 Å². The third-order valence-electron chi connectivity index (χ3n) is 4.56. The molecule has 0 saturated heterocycles. The largest absolute Gasteiger partial charge is 0.496 e. The molecule has 0 aliphatic carbocycles. The quantitative estimate of drug-likeness (QED) is 0.649. The number of amides is 1. The lowest BCUT2D eigenvalue weighted by Gasteiger charge is -2.14. The van der Waals surface area contributed by atoms with Crippen LogP contribution in [0.4, 0.5) is 0 Å². The maximum Gasteiger partial charge on any atom is 0.262 e. The van der Waals surface area contributed by atoms with Crippen LogP contribution in [0.5, 0.6) is 11.5 Å². The molecule has 138 valence electrons. The number of hydrogen-bond donors (Lipinski definition) is 1. The highest BCUT2D eigenvalue weighted by Crippen LogP contribution is 2.36. The Morgan fingerprint density at radius 3 is 2.78 bits per heavy atom. The molecule has 5 heteroatoms. The van der Waals surface area contributed by atoms with Gasteiger partial charge in [-0.1, -0.05) is 30.3 Å². The van der Waals surface area contributed by atoms with Crippen LogP contribution in [0.3, 0.4) is 0 Å². The van der Waals surface area contributed by atoms with Crippen molar-refractivity contribution in [3.63, 3.8) is 0 Å². The number of benzene rings is 2. The molecule has 3 rings (SSSR count). The van der Waals surface area contributed by atoms with E-state index in [1.54, 1.807) is 13.2 Å². The van der Waals surface area contributed by atoms with E-state index in [2.05, 4.69) is 5.32 Å². The summed E-state index contributed by atoms with van der Waals surface area (Å²) in [7, 11) is 1.57. The number of nitrogens with one attached hydrogen (secondary N) is 1. The molecule has 2 atom stereocenters. The van der Waals surface area contributed by atoms with E-state index in [1.165, 1.54) is 0 Å². The first-order chi connectivity index (χ1) is 13.0. The van der Waals surface area contributed by atoms with Crippen LogP contribution in [-0.4, -0.2) is 19.1 Å². The smallest absolute Gasteiger partial charge is 0.262 e. The van der Waals surface area contributed by atoms with Crippen molar-refractivity contribution in [2.75, 3.05) is 7.11 Å². The van der Waals surface area contributed by atoms with Crippen LogP contribution >= 0.6 is 0 Å². The Labute approximate surface area is 159 Å². The summed E-state index contributed by atoms with van der Waals surface area (Å²) in [6.45, 7) is 3.88. The summed E-state index contributed by atoms with van der Waals surface area (Å²) in [4.78, 5) is 12.6. The Hall–Kier alpha value is -3.26. The molecule has 5 nitrogen and oxygen atoms in total. The molecule has 2 unspecified atom stereocenters. The van der Waals surface area contributed by atoms with Gasteiger partial charge in [0.25, 0.3) is 5.91 Å². The summed E-state index contributed by atoms with van der Waals surface area (Å²) in [6.07, 6.45) is 2.46. The van der Waals surface area contributed by atoms with Gasteiger partial charge in [-0.25, -0.2) is 0 Å². The monoisotopic (exact) mass is 362 g/mol. The number of carbonyl (C=O) groups is 1. The highest BCUT2D eigenvalue weighted by Gasteiger charge is 2.22. The zero-order valence-corrected chi connectivity index (χ0v) is 15.7. The van der Waals surface area contributed by atoms with Gasteiger partial charge in [0.2, 0.25) is 0 Å². The Kier molecular flexibility index (Phi) is 5.46. The Morgan fingerprint density at radius 1 is 1.37 bits per heavy atom. The number of nitrogens with zero attached hydrogens (tertiary/aromatic N) is 1. The van der Waals surface area contributed by atoms with Crippen LogP contribution in [0.2, 0.25) is 0 Å². The summed E-state index contributed by atoms with van der Waals surface area (Å²) in [5.74, 6) is 0.957. The SMILES string of the molecule is COc1cc2c(cc1/C=C(\C#N)C(=O)NC(C)c1ccccc1)OC(C)C2. The predicted molar refractivity (Wildman–Crippen MR) is 103 cm³/mol. The Morgan fingerprint density at radius 2 is 2.11 bits per heavy atom. The predicted octanol–water partition coefficient (Wildman–Crippen LogP) is 3.80. The van der Waals surface area contributed by atoms with E-state index >= 15 is 0 Å². The first-order valence-corrected chi connectivity index (χ1v) is 8.87. The van der Waals surface area contributed by atoms with Gasteiger partial charge in [0.1, 0.15) is 29.2 Å². The molecule has 0 saturated carbocycles. The molecule has 0 fully saturated rings. The first-order valence-electron chi connectivity index (χ1n) is 8.87. The number of hydrogen-bond acceptors (Lipinski definition) is 4. The van der Waals surface area contributed by atoms with Gasteiger partial charge in [0.05, 0.1) is 13.2 Å². The molecular weight excluding hydrogens is 340 g/mol. The molecule has 1 heterocycles. The maximum absolute atomic E-state index is 12.6. The molecule has 2 aromatic carbocycles. The van der Waals surface area contributed by atoms with Gasteiger partial charge < -0.3 is 14.8 Å². The lowest BCUT2D eigenvalue weighted by molar-refractivity contribution is -0.117. The van der Waals surface area contributed by atoms with E-state index < -0.39 is 5.91 Å². The number of methoxy groups -OCH3 is 1. The minimum atomic E-state index is -0.425. The lowest BCUT2D eigenvalue weighted by Crippen LogP contribution is -2.27. The molecule has 0 spiro atoms. The van der Waals surface area contributed by atoms with Crippen molar-refractivity contribution < 1.29 is 14.3 Å². The first kappa shape index (κ1) is 18.5. The minimum absolute atomic E-state index is 0.0158. The van der Waals surface area contributed by atoms with Gasteiger partial charge in [-0.2, -0.15) is 5.26 Å². The molecule has 1 N–H and O–H groups in total. The Balaban J connectivity index is 1.85. The van der Waals surface area contributed by atoms with E-state index in [1.807, 2.05) is 62.4 Å². The van der Waals surface area contributed by atoms with E-state index in [0.29, 0.717) is 11.3 Å². The number of carbonyl (C=O) groups excluding carboxylic acids is 1. The van der Waals surface area contributed by atoms with Crippen LogP contribution in [0.25, 0.3) is 6.08 Å². The van der Waals surface area contributed by atoms with Crippen molar-refractivity contribution in [1.29, 1.82) is 5.26 Å². The molecule has 1 amide bonds. The van der Waals surface area contributed by atoms with E-state index in [4.69, 9.17) is 9.47 Å². The highest BCUT2D eigenvalue weighted by molar-refractivity contribution is 6.02. The summed E-state index contributed by atoms with van der Waals surface area (Å²) >= 11 is 0. The number of ether oxygens (including phenoxy) is 2. The molecular formula is C22H22N2O3. The van der Waals surface area contributed by atoms with Crippen LogP contribution in [0, 0.1) is 11.3 Å². The molecule has 1 aliphatic rings. The van der Waals surface area contributed by atoms with Crippen molar-refractivity contribution in [3.8, 4) is 17.6 Å². The highest BCUT2D eigenvalue weighted by atomic mass is 16.5. The number of fused-ring (bicyclic) bond motifs is 1. The molecule has 0 radical (unpaired) electrons. The minimum Gasteiger partial charge on any atom is -0.496 e. The summed E-state index contributed by atoms with van der Waals surface area (Å²) in [5, 5.41) is 12.4. The second kappa shape index (κ2) is 7.96. The zero-order chi connectivity index (χ0) is 19.4. The lowest BCUT2D eigenvalue weighted by atomic mass is 10.0. The van der Waals surface area contributed by atoms with E-state index in [0.717, 1.165) is 23.3 Å². The molecule has 27 heavy (non-hydrogen) atoms. The number of nitriles is 1. The van der Waals surface area contributed by atoms with Crippen molar-refractivity contribution in [2.45, 2.75) is 32.4 Å². The summed E-state index contributed by atoms with van der Waals surface area (Å²) < 4.78 is 11.2. The molecule has 0 aromatic heterocycles. The third-order valence-corrected chi connectivity index (χ3v) is 4.56. The van der Waals surface area contributed by atoms with Crippen molar-refractivity contribution in [2.24, 2.45) is 0 Å². The molecule has 1 aliphatic heterocycles. The fourth-order valence-corrected chi connectivity index (χ4v) is 3.15. The van der Waals surface area contributed by atoms with Gasteiger partial charge in [-0.05, 0) is 37.6 Å². The topological polar surface area (TPSA) is 71.3 Å².